The first kappa shape index (κ1) is 15.3. The summed E-state index contributed by atoms with van der Waals surface area (Å²) in [6.07, 6.45) is 1.43. The van der Waals surface area contributed by atoms with E-state index in [1.165, 1.54) is 25.1 Å². The van der Waals surface area contributed by atoms with Gasteiger partial charge in [0.2, 0.25) is 0 Å². The van der Waals surface area contributed by atoms with Crippen molar-refractivity contribution in [2.75, 3.05) is 13.7 Å². The summed E-state index contributed by atoms with van der Waals surface area (Å²) in [5, 5.41) is 5.21. The van der Waals surface area contributed by atoms with Crippen molar-refractivity contribution in [3.8, 4) is 0 Å². The lowest BCUT2D eigenvalue weighted by Crippen LogP contribution is -2.22. The van der Waals surface area contributed by atoms with Crippen molar-refractivity contribution < 1.29 is 13.9 Å². The van der Waals surface area contributed by atoms with E-state index in [1.807, 2.05) is 30.3 Å². The van der Waals surface area contributed by atoms with Crippen LogP contribution in [-0.4, -0.2) is 35.8 Å². The van der Waals surface area contributed by atoms with E-state index >= 15 is 0 Å². The molecular formula is C15H14N4O3S. The standard InChI is InChI=1S/C15H14N4O3S/c1-21-9-13(20)19-16-8-10-6-7-14(22-10)23-15-17-11-4-2-3-5-12(11)18-15/h2-8H,9H2,1H3,(H,17,18)(H,19,20). The first-order valence-electron chi connectivity index (χ1n) is 6.78. The molecule has 0 bridgehead atoms. The monoisotopic (exact) mass is 330 g/mol. The van der Waals surface area contributed by atoms with Crippen molar-refractivity contribution in [2.45, 2.75) is 10.2 Å². The molecule has 1 amide bonds. The minimum Gasteiger partial charge on any atom is -0.448 e. The van der Waals surface area contributed by atoms with Crippen LogP contribution in [-0.2, 0) is 9.53 Å². The molecule has 23 heavy (non-hydrogen) atoms. The van der Waals surface area contributed by atoms with Gasteiger partial charge in [-0.3, -0.25) is 4.79 Å². The van der Waals surface area contributed by atoms with Crippen LogP contribution in [0.5, 0.6) is 0 Å². The number of rotatable bonds is 6. The zero-order chi connectivity index (χ0) is 16.1. The number of imidazole rings is 1. The molecule has 2 heterocycles. The molecule has 3 rings (SSSR count). The molecule has 0 atom stereocenters. The Morgan fingerprint density at radius 1 is 1.43 bits per heavy atom. The predicted molar refractivity (Wildman–Crippen MR) is 86.5 cm³/mol. The van der Waals surface area contributed by atoms with Crippen LogP contribution in [0.3, 0.4) is 0 Å². The number of H-pyrrole nitrogens is 1. The number of amides is 1. The number of nitrogens with zero attached hydrogens (tertiary/aromatic N) is 2. The number of carbonyl (C=O) groups is 1. The van der Waals surface area contributed by atoms with Crippen LogP contribution in [0.15, 0.2) is 56.2 Å². The Morgan fingerprint density at radius 2 is 2.30 bits per heavy atom. The van der Waals surface area contributed by atoms with Crippen molar-refractivity contribution >= 4 is 34.9 Å². The molecule has 0 aliphatic carbocycles. The van der Waals surface area contributed by atoms with Gasteiger partial charge in [-0.25, -0.2) is 10.4 Å². The van der Waals surface area contributed by atoms with Crippen molar-refractivity contribution in [2.24, 2.45) is 5.10 Å². The summed E-state index contributed by atoms with van der Waals surface area (Å²) in [5.41, 5.74) is 4.21. The highest BCUT2D eigenvalue weighted by Gasteiger charge is 2.07. The van der Waals surface area contributed by atoms with Gasteiger partial charge >= 0.3 is 0 Å². The van der Waals surface area contributed by atoms with Crippen molar-refractivity contribution in [3.63, 3.8) is 0 Å². The molecule has 0 aliphatic rings. The third kappa shape index (κ3) is 3.99. The summed E-state index contributed by atoms with van der Waals surface area (Å²) in [5.74, 6) is 0.202. The van der Waals surface area contributed by atoms with Crippen LogP contribution < -0.4 is 5.43 Å². The molecule has 1 aromatic carbocycles. The number of nitrogens with one attached hydrogen (secondary N) is 2. The average molecular weight is 330 g/mol. The maximum Gasteiger partial charge on any atom is 0.266 e. The summed E-state index contributed by atoms with van der Waals surface area (Å²) < 4.78 is 10.3. The fourth-order valence-electron chi connectivity index (χ4n) is 1.86. The van der Waals surface area contributed by atoms with Gasteiger partial charge in [-0.1, -0.05) is 12.1 Å². The molecule has 0 spiro atoms. The normalized spacial score (nSPS) is 11.3. The number of benzene rings is 1. The summed E-state index contributed by atoms with van der Waals surface area (Å²) in [6.45, 7) is -0.0390. The second-order valence-electron chi connectivity index (χ2n) is 4.54. The lowest BCUT2D eigenvalue weighted by molar-refractivity contribution is -0.124. The van der Waals surface area contributed by atoms with Gasteiger partial charge < -0.3 is 14.1 Å². The van der Waals surface area contributed by atoms with Crippen molar-refractivity contribution in [3.05, 3.63) is 42.2 Å². The van der Waals surface area contributed by atoms with Crippen LogP contribution in [0.2, 0.25) is 0 Å². The first-order chi connectivity index (χ1) is 11.2. The zero-order valence-corrected chi connectivity index (χ0v) is 13.1. The molecular weight excluding hydrogens is 316 g/mol. The SMILES string of the molecule is COCC(=O)NN=Cc1ccc(Sc2nc3ccccc3[nH]2)o1. The molecule has 7 nitrogen and oxygen atoms in total. The fraction of sp³-hybridized carbons (Fsp3) is 0.133. The number of fused-ring (bicyclic) bond motifs is 1. The van der Waals surface area contributed by atoms with Gasteiger partial charge in [0.15, 0.2) is 10.2 Å². The Bertz CT molecular complexity index is 807. The first-order valence-corrected chi connectivity index (χ1v) is 7.59. The van der Waals surface area contributed by atoms with E-state index < -0.39 is 0 Å². The van der Waals surface area contributed by atoms with Gasteiger partial charge in [0.1, 0.15) is 12.4 Å². The van der Waals surface area contributed by atoms with Crippen LogP contribution in [0.1, 0.15) is 5.76 Å². The van der Waals surface area contributed by atoms with Crippen LogP contribution in [0, 0.1) is 0 Å². The van der Waals surface area contributed by atoms with Crippen molar-refractivity contribution in [1.82, 2.24) is 15.4 Å². The Labute approximate surface area is 136 Å². The minimum atomic E-state index is -0.327. The number of hydrazone groups is 1. The zero-order valence-electron chi connectivity index (χ0n) is 12.3. The highest BCUT2D eigenvalue weighted by molar-refractivity contribution is 7.99. The molecule has 3 aromatic rings. The van der Waals surface area contributed by atoms with Gasteiger partial charge in [0.25, 0.3) is 5.91 Å². The summed E-state index contributed by atoms with van der Waals surface area (Å²) in [7, 11) is 1.44. The molecule has 0 radical (unpaired) electrons. The van der Waals surface area contributed by atoms with Crippen LogP contribution in [0.25, 0.3) is 11.0 Å². The number of aromatic amines is 1. The molecule has 118 valence electrons. The van der Waals surface area contributed by atoms with Gasteiger partial charge in [-0.15, -0.1) is 0 Å². The average Bonchev–Trinajstić information content (AvgIpc) is 3.14. The van der Waals surface area contributed by atoms with Gasteiger partial charge in [-0.05, 0) is 36.0 Å². The highest BCUT2D eigenvalue weighted by atomic mass is 32.2. The smallest absolute Gasteiger partial charge is 0.266 e. The van der Waals surface area contributed by atoms with E-state index in [9.17, 15) is 4.79 Å². The molecule has 0 fully saturated rings. The second kappa shape index (κ2) is 7.12. The molecule has 2 N–H and O–H groups in total. The predicted octanol–water partition coefficient (Wildman–Crippen LogP) is 2.40. The Balaban J connectivity index is 1.62. The summed E-state index contributed by atoms with van der Waals surface area (Å²) >= 11 is 1.38. The second-order valence-corrected chi connectivity index (χ2v) is 5.54. The van der Waals surface area contributed by atoms with Gasteiger partial charge in [0.05, 0.1) is 17.2 Å². The Kier molecular flexibility index (Phi) is 4.74. The number of aromatic nitrogens is 2. The Hall–Kier alpha value is -2.58. The maximum absolute atomic E-state index is 11.2. The van der Waals surface area contributed by atoms with Crippen LogP contribution >= 0.6 is 11.8 Å². The highest BCUT2D eigenvalue weighted by Crippen LogP contribution is 2.28. The number of ether oxygens (including phenoxy) is 1. The van der Waals surface area contributed by atoms with E-state index in [1.54, 1.807) is 6.07 Å². The number of hydrogen-bond donors (Lipinski definition) is 2. The van der Waals surface area contributed by atoms with E-state index in [2.05, 4.69) is 25.2 Å². The molecule has 0 aliphatic heterocycles. The molecule has 2 aromatic heterocycles. The van der Waals surface area contributed by atoms with Crippen LogP contribution in [0.4, 0.5) is 0 Å². The molecule has 0 saturated carbocycles. The van der Waals surface area contributed by atoms with Crippen molar-refractivity contribution in [1.29, 1.82) is 0 Å². The topological polar surface area (TPSA) is 92.5 Å². The van der Waals surface area contributed by atoms with Gasteiger partial charge in [-0.2, -0.15) is 5.10 Å². The fourth-order valence-corrected chi connectivity index (χ4v) is 2.63. The third-order valence-electron chi connectivity index (χ3n) is 2.82. The minimum absolute atomic E-state index is 0.0390. The number of methoxy groups -OCH3 is 1. The van der Waals surface area contributed by atoms with E-state index in [4.69, 9.17) is 4.42 Å². The number of para-hydroxylation sites is 2. The van der Waals surface area contributed by atoms with E-state index in [-0.39, 0.29) is 12.5 Å². The van der Waals surface area contributed by atoms with E-state index in [0.29, 0.717) is 10.9 Å². The number of furan rings is 1. The number of carbonyl (C=O) groups excluding carboxylic acids is 1. The Morgan fingerprint density at radius 3 is 3.13 bits per heavy atom. The molecule has 8 heteroatoms. The molecule has 0 unspecified atom stereocenters. The lowest BCUT2D eigenvalue weighted by atomic mass is 10.3. The lowest BCUT2D eigenvalue weighted by Gasteiger charge is -1.95. The third-order valence-corrected chi connectivity index (χ3v) is 3.63. The number of hydrogen-bond acceptors (Lipinski definition) is 6. The van der Waals surface area contributed by atoms with Gasteiger partial charge in [0, 0.05) is 7.11 Å². The summed E-state index contributed by atoms with van der Waals surface area (Å²) in [6, 6.07) is 11.4. The largest absolute Gasteiger partial charge is 0.448 e. The summed E-state index contributed by atoms with van der Waals surface area (Å²) in [4.78, 5) is 18.8. The maximum atomic E-state index is 11.2. The van der Waals surface area contributed by atoms with E-state index in [0.717, 1.165) is 16.2 Å². The molecule has 0 saturated heterocycles. The quantitative estimate of drug-likeness (QED) is 0.535.